The van der Waals surface area contributed by atoms with E-state index in [-0.39, 0.29) is 6.42 Å². The maximum absolute atomic E-state index is 11.3. The molecule has 0 radical (unpaired) electrons. The third kappa shape index (κ3) is 12.5. The molecular formula is C21H42O5S. The van der Waals surface area contributed by atoms with Gasteiger partial charge in [0.15, 0.2) is 4.75 Å². The Morgan fingerprint density at radius 3 is 1.26 bits per heavy atom. The summed E-state index contributed by atoms with van der Waals surface area (Å²) in [5.41, 5.74) is 0. The van der Waals surface area contributed by atoms with Crippen LogP contribution in [0, 0.1) is 0 Å². The van der Waals surface area contributed by atoms with Crippen LogP contribution in [0.4, 0.5) is 0 Å². The maximum atomic E-state index is 11.3. The first-order valence-corrected chi connectivity index (χ1v) is 12.4. The molecule has 0 aromatic carbocycles. The third-order valence-corrected chi connectivity index (χ3v) is 7.05. The van der Waals surface area contributed by atoms with Crippen LogP contribution in [0.3, 0.4) is 0 Å². The monoisotopic (exact) mass is 406 g/mol. The van der Waals surface area contributed by atoms with E-state index in [1.54, 1.807) is 0 Å². The second-order valence-corrected chi connectivity index (χ2v) is 9.92. The van der Waals surface area contributed by atoms with E-state index in [0.717, 1.165) is 26.2 Å². The van der Waals surface area contributed by atoms with Crippen molar-refractivity contribution in [3.8, 4) is 0 Å². The van der Waals surface area contributed by atoms with Crippen LogP contribution >= 0.6 is 0 Å². The van der Waals surface area contributed by atoms with Crippen LogP contribution in [-0.2, 0) is 14.9 Å². The van der Waals surface area contributed by atoms with Crippen molar-refractivity contribution in [1.82, 2.24) is 0 Å². The van der Waals surface area contributed by atoms with Crippen molar-refractivity contribution in [2.45, 2.75) is 128 Å². The first-order chi connectivity index (χ1) is 12.8. The molecule has 1 atom stereocenters. The highest BCUT2D eigenvalue weighted by atomic mass is 32.2. The summed E-state index contributed by atoms with van der Waals surface area (Å²) in [6.07, 6.45) is 19.3. The van der Waals surface area contributed by atoms with Gasteiger partial charge in [0.2, 0.25) is 0 Å². The van der Waals surface area contributed by atoms with Gasteiger partial charge in [0.25, 0.3) is 10.1 Å². The molecule has 0 fully saturated rings. The molecule has 0 aromatic heterocycles. The smallest absolute Gasteiger partial charge is 0.327 e. The largest absolute Gasteiger partial charge is 0.480 e. The van der Waals surface area contributed by atoms with Gasteiger partial charge in [-0.15, -0.1) is 0 Å². The molecule has 0 spiro atoms. The molecule has 0 bridgehead atoms. The molecule has 0 saturated heterocycles. The van der Waals surface area contributed by atoms with E-state index < -0.39 is 20.8 Å². The van der Waals surface area contributed by atoms with Crippen LogP contribution in [0.25, 0.3) is 0 Å². The second-order valence-electron chi connectivity index (χ2n) is 8.06. The fraction of sp³-hybridized carbons (Fsp3) is 0.952. The van der Waals surface area contributed by atoms with E-state index in [1.807, 2.05) is 0 Å². The standard InChI is InChI=1S/C21H42O5S/c1-3-4-5-6-7-8-9-10-11-12-13-14-15-16-17-18-19-21(2,20(22)23)27(24,25)26/h3-19H2,1-2H3,(H,22,23)(H,24,25,26). The van der Waals surface area contributed by atoms with Gasteiger partial charge in [-0.05, 0) is 13.3 Å². The predicted octanol–water partition coefficient (Wildman–Crippen LogP) is 6.37. The lowest BCUT2D eigenvalue weighted by atomic mass is 10.0. The number of hydrogen-bond donors (Lipinski definition) is 2. The Labute approximate surface area is 167 Å². The van der Waals surface area contributed by atoms with Gasteiger partial charge < -0.3 is 5.11 Å². The highest BCUT2D eigenvalue weighted by molar-refractivity contribution is 7.88. The van der Waals surface area contributed by atoms with Crippen molar-refractivity contribution >= 4 is 16.1 Å². The Kier molecular flexibility index (Phi) is 15.0. The molecule has 0 aromatic rings. The van der Waals surface area contributed by atoms with Crippen LogP contribution in [0.1, 0.15) is 123 Å². The van der Waals surface area contributed by atoms with E-state index in [0.29, 0.717) is 6.42 Å². The zero-order valence-corrected chi connectivity index (χ0v) is 18.4. The molecule has 0 aliphatic carbocycles. The SMILES string of the molecule is CCCCCCCCCCCCCCCCCCC(C)(C(=O)O)S(=O)(=O)O. The molecule has 0 amide bonds. The van der Waals surface area contributed by atoms with Crippen molar-refractivity contribution in [3.63, 3.8) is 0 Å². The summed E-state index contributed by atoms with van der Waals surface area (Å²) in [4.78, 5) is 11.1. The van der Waals surface area contributed by atoms with Crippen molar-refractivity contribution in [2.24, 2.45) is 0 Å². The van der Waals surface area contributed by atoms with Crippen LogP contribution in [0.15, 0.2) is 0 Å². The minimum Gasteiger partial charge on any atom is -0.480 e. The molecule has 162 valence electrons. The van der Waals surface area contributed by atoms with E-state index in [1.165, 1.54) is 77.0 Å². The molecular weight excluding hydrogens is 364 g/mol. The lowest BCUT2D eigenvalue weighted by Crippen LogP contribution is -2.43. The van der Waals surface area contributed by atoms with Gasteiger partial charge in [-0.2, -0.15) is 8.42 Å². The first kappa shape index (κ1) is 26.4. The lowest BCUT2D eigenvalue weighted by Gasteiger charge is -2.20. The molecule has 0 aliphatic rings. The van der Waals surface area contributed by atoms with Gasteiger partial charge in [0.05, 0.1) is 0 Å². The van der Waals surface area contributed by atoms with Crippen LogP contribution in [0.2, 0.25) is 0 Å². The van der Waals surface area contributed by atoms with Crippen LogP contribution in [-0.4, -0.2) is 28.8 Å². The van der Waals surface area contributed by atoms with Gasteiger partial charge in [-0.3, -0.25) is 9.35 Å². The number of carboxylic acid groups (broad SMARTS) is 1. The summed E-state index contributed by atoms with van der Waals surface area (Å²) in [5.74, 6) is -1.48. The molecule has 0 saturated carbocycles. The van der Waals surface area contributed by atoms with Crippen LogP contribution < -0.4 is 0 Å². The highest BCUT2D eigenvalue weighted by Crippen LogP contribution is 2.24. The number of hydrogen-bond acceptors (Lipinski definition) is 3. The number of unbranched alkanes of at least 4 members (excludes halogenated alkanes) is 15. The summed E-state index contributed by atoms with van der Waals surface area (Å²) >= 11 is 0. The first-order valence-electron chi connectivity index (χ1n) is 11.0. The molecule has 27 heavy (non-hydrogen) atoms. The average molecular weight is 407 g/mol. The fourth-order valence-corrected chi connectivity index (χ4v) is 3.98. The number of carbonyl (C=O) groups is 1. The fourth-order valence-electron chi connectivity index (χ4n) is 3.36. The zero-order chi connectivity index (χ0) is 20.6. The van der Waals surface area contributed by atoms with Crippen LogP contribution in [0.5, 0.6) is 0 Å². The minimum absolute atomic E-state index is 0.0421. The average Bonchev–Trinajstić information content (AvgIpc) is 2.60. The molecule has 5 nitrogen and oxygen atoms in total. The zero-order valence-electron chi connectivity index (χ0n) is 17.5. The number of aliphatic carboxylic acids is 1. The predicted molar refractivity (Wildman–Crippen MR) is 112 cm³/mol. The van der Waals surface area contributed by atoms with Crippen molar-refractivity contribution in [3.05, 3.63) is 0 Å². The summed E-state index contributed by atoms with van der Waals surface area (Å²) in [6, 6.07) is 0. The van der Waals surface area contributed by atoms with E-state index in [9.17, 15) is 13.2 Å². The van der Waals surface area contributed by atoms with Crippen molar-refractivity contribution in [1.29, 1.82) is 0 Å². The van der Waals surface area contributed by atoms with Gasteiger partial charge in [0.1, 0.15) is 0 Å². The van der Waals surface area contributed by atoms with Crippen molar-refractivity contribution in [2.75, 3.05) is 0 Å². The molecule has 6 heteroatoms. The van der Waals surface area contributed by atoms with Gasteiger partial charge in [-0.1, -0.05) is 110 Å². The molecule has 0 aliphatic heterocycles. The van der Waals surface area contributed by atoms with Gasteiger partial charge in [-0.25, -0.2) is 0 Å². The number of rotatable bonds is 19. The summed E-state index contributed by atoms with van der Waals surface area (Å²) in [6.45, 7) is 3.33. The second kappa shape index (κ2) is 15.3. The summed E-state index contributed by atoms with van der Waals surface area (Å²) < 4.78 is 29.6. The highest BCUT2D eigenvalue weighted by Gasteiger charge is 2.45. The Bertz CT molecular complexity index is 475. The lowest BCUT2D eigenvalue weighted by molar-refractivity contribution is -0.140. The topological polar surface area (TPSA) is 91.7 Å². The summed E-state index contributed by atoms with van der Waals surface area (Å²) in [5, 5.41) is 9.05. The Morgan fingerprint density at radius 2 is 1.00 bits per heavy atom. The minimum atomic E-state index is -4.58. The Balaban J connectivity index is 3.47. The summed E-state index contributed by atoms with van der Waals surface area (Å²) in [7, 11) is -4.58. The Morgan fingerprint density at radius 1 is 0.704 bits per heavy atom. The molecule has 2 N–H and O–H groups in total. The third-order valence-electron chi connectivity index (χ3n) is 5.53. The quantitative estimate of drug-likeness (QED) is 0.192. The van der Waals surface area contributed by atoms with E-state index in [4.69, 9.17) is 9.66 Å². The molecule has 0 rings (SSSR count). The van der Waals surface area contributed by atoms with E-state index >= 15 is 0 Å². The molecule has 0 heterocycles. The number of carboxylic acids is 1. The van der Waals surface area contributed by atoms with Crippen molar-refractivity contribution < 1.29 is 22.9 Å². The van der Waals surface area contributed by atoms with Gasteiger partial charge >= 0.3 is 5.97 Å². The normalized spacial score (nSPS) is 14.2. The molecule has 1 unspecified atom stereocenters. The Hall–Kier alpha value is -0.620. The maximum Gasteiger partial charge on any atom is 0.327 e. The van der Waals surface area contributed by atoms with E-state index in [2.05, 4.69) is 6.92 Å². The van der Waals surface area contributed by atoms with Gasteiger partial charge in [0, 0.05) is 0 Å².